The van der Waals surface area contributed by atoms with Crippen LogP contribution in [0.25, 0.3) is 0 Å². The van der Waals surface area contributed by atoms with Crippen LogP contribution in [0.1, 0.15) is 42.4 Å². The highest BCUT2D eigenvalue weighted by Gasteiger charge is 2.36. The number of amides is 1. The van der Waals surface area contributed by atoms with Gasteiger partial charge < -0.3 is 14.7 Å². The number of hydrogen-bond acceptors (Lipinski definition) is 4. The smallest absolute Gasteiger partial charge is 0.274 e. The van der Waals surface area contributed by atoms with Gasteiger partial charge in [0.2, 0.25) is 0 Å². The number of ether oxygens (including phenoxy) is 1. The first kappa shape index (κ1) is 18.4. The van der Waals surface area contributed by atoms with Crippen molar-refractivity contribution >= 4 is 5.91 Å². The third kappa shape index (κ3) is 3.88. The summed E-state index contributed by atoms with van der Waals surface area (Å²) in [5.74, 6) is -0.442. The van der Waals surface area contributed by atoms with Crippen molar-refractivity contribution in [2.75, 3.05) is 19.7 Å². The molecule has 1 aliphatic heterocycles. The van der Waals surface area contributed by atoms with Crippen LogP contribution < -0.4 is 4.74 Å². The van der Waals surface area contributed by atoms with Crippen molar-refractivity contribution in [1.82, 2.24) is 15.1 Å². The van der Waals surface area contributed by atoms with Crippen LogP contribution in [0.5, 0.6) is 5.75 Å². The highest BCUT2D eigenvalue weighted by atomic mass is 19.1. The Morgan fingerprint density at radius 2 is 2.27 bits per heavy atom. The second-order valence-electron chi connectivity index (χ2n) is 6.84. The van der Waals surface area contributed by atoms with Crippen molar-refractivity contribution in [3.63, 3.8) is 0 Å². The Kier molecular flexibility index (Phi) is 5.56. The maximum absolute atomic E-state index is 13.6. The van der Waals surface area contributed by atoms with Gasteiger partial charge in [-0.1, -0.05) is 19.1 Å². The highest BCUT2D eigenvalue weighted by Crippen LogP contribution is 2.33. The highest BCUT2D eigenvalue weighted by molar-refractivity contribution is 5.92. The Morgan fingerprint density at radius 3 is 3.00 bits per heavy atom. The minimum absolute atomic E-state index is 0.0789. The fourth-order valence-electron chi connectivity index (χ4n) is 3.34. The van der Waals surface area contributed by atoms with Crippen molar-refractivity contribution in [3.8, 4) is 5.75 Å². The number of rotatable bonds is 6. The lowest BCUT2D eigenvalue weighted by molar-refractivity contribution is 0.0248. The number of carbonyl (C=O) groups is 1. The van der Waals surface area contributed by atoms with Crippen LogP contribution in [0.2, 0.25) is 0 Å². The molecule has 0 aliphatic carbocycles. The summed E-state index contributed by atoms with van der Waals surface area (Å²) in [4.78, 5) is 14.5. The number of nitrogens with zero attached hydrogens (tertiary/aromatic N) is 2. The van der Waals surface area contributed by atoms with E-state index in [0.717, 1.165) is 19.3 Å². The maximum atomic E-state index is 13.6. The van der Waals surface area contributed by atoms with Gasteiger partial charge >= 0.3 is 0 Å². The zero-order valence-electron chi connectivity index (χ0n) is 14.9. The van der Waals surface area contributed by atoms with Crippen LogP contribution in [-0.2, 0) is 6.61 Å². The van der Waals surface area contributed by atoms with Crippen LogP contribution in [0.4, 0.5) is 4.39 Å². The van der Waals surface area contributed by atoms with E-state index in [1.54, 1.807) is 29.2 Å². The quantitative estimate of drug-likeness (QED) is 0.829. The summed E-state index contributed by atoms with van der Waals surface area (Å²) < 4.78 is 19.0. The number of carbonyl (C=O) groups excluding carboxylic acids is 1. The van der Waals surface area contributed by atoms with Crippen LogP contribution in [-0.4, -0.2) is 45.8 Å². The number of aromatic nitrogens is 2. The topological polar surface area (TPSA) is 78.5 Å². The molecule has 2 N–H and O–H groups in total. The number of hydrogen-bond donors (Lipinski definition) is 2. The molecule has 140 valence electrons. The number of para-hydroxylation sites is 1. The van der Waals surface area contributed by atoms with E-state index < -0.39 is 5.82 Å². The predicted molar refractivity (Wildman–Crippen MR) is 94.3 cm³/mol. The molecule has 0 spiro atoms. The first-order valence-corrected chi connectivity index (χ1v) is 8.88. The van der Waals surface area contributed by atoms with Gasteiger partial charge in [0.15, 0.2) is 17.3 Å². The second-order valence-corrected chi connectivity index (χ2v) is 6.84. The van der Waals surface area contributed by atoms with Crippen molar-refractivity contribution in [2.24, 2.45) is 5.41 Å². The Hall–Kier alpha value is -2.41. The van der Waals surface area contributed by atoms with E-state index in [4.69, 9.17) is 4.74 Å². The van der Waals surface area contributed by atoms with Gasteiger partial charge in [0.1, 0.15) is 6.61 Å². The summed E-state index contributed by atoms with van der Waals surface area (Å²) in [5, 5.41) is 16.6. The first-order chi connectivity index (χ1) is 12.6. The number of nitrogens with one attached hydrogen (secondary N) is 1. The lowest BCUT2D eigenvalue weighted by atomic mass is 9.78. The van der Waals surface area contributed by atoms with Crippen molar-refractivity contribution in [2.45, 2.75) is 32.8 Å². The lowest BCUT2D eigenvalue weighted by Gasteiger charge is -2.41. The Balaban J connectivity index is 1.63. The Labute approximate surface area is 152 Å². The number of aromatic amines is 1. The molecule has 1 aliphatic rings. The molecule has 26 heavy (non-hydrogen) atoms. The zero-order valence-corrected chi connectivity index (χ0v) is 14.9. The molecular weight excluding hydrogens is 337 g/mol. The lowest BCUT2D eigenvalue weighted by Crippen LogP contribution is -2.47. The van der Waals surface area contributed by atoms with Crippen LogP contribution in [0.3, 0.4) is 0 Å². The predicted octanol–water partition coefficient (Wildman–Crippen LogP) is 2.75. The van der Waals surface area contributed by atoms with Gasteiger partial charge in [-0.15, -0.1) is 0 Å². The minimum atomic E-state index is -0.434. The van der Waals surface area contributed by atoms with Gasteiger partial charge in [-0.2, -0.15) is 5.10 Å². The SMILES string of the molecule is CC[C@]1(CO)CCCN(C(=O)c2cc(COc3ccccc3F)[nH]n2)C1. The van der Waals surface area contributed by atoms with Gasteiger partial charge in [-0.3, -0.25) is 9.89 Å². The molecule has 7 heteroatoms. The zero-order chi connectivity index (χ0) is 18.6. The standard InChI is InChI=1S/C19H24FN3O3/c1-2-19(13-24)8-5-9-23(12-19)18(25)16-10-14(21-22-16)11-26-17-7-4-3-6-15(17)20/h3-4,6-7,10,24H,2,5,8-9,11-13H2,1H3,(H,21,22)/t19-/m0/s1. The summed E-state index contributed by atoms with van der Waals surface area (Å²) in [6, 6.07) is 7.79. The van der Waals surface area contributed by atoms with E-state index in [1.165, 1.54) is 6.07 Å². The van der Waals surface area contributed by atoms with Gasteiger partial charge in [-0.25, -0.2) is 4.39 Å². The molecule has 1 aromatic heterocycles. The summed E-state index contributed by atoms with van der Waals surface area (Å²) in [7, 11) is 0. The summed E-state index contributed by atoms with van der Waals surface area (Å²) in [6.45, 7) is 3.41. The number of halogens is 1. The molecule has 1 saturated heterocycles. The van der Waals surface area contributed by atoms with Crippen LogP contribution in [0.15, 0.2) is 30.3 Å². The van der Waals surface area contributed by atoms with Gasteiger partial charge in [0.25, 0.3) is 5.91 Å². The molecule has 1 amide bonds. The minimum Gasteiger partial charge on any atom is -0.484 e. The summed E-state index contributed by atoms with van der Waals surface area (Å²) >= 11 is 0. The molecule has 2 heterocycles. The van der Waals surface area contributed by atoms with E-state index in [0.29, 0.717) is 24.5 Å². The molecule has 1 fully saturated rings. The van der Waals surface area contributed by atoms with Gasteiger partial charge in [0, 0.05) is 18.5 Å². The van der Waals surface area contributed by atoms with E-state index in [1.807, 2.05) is 6.92 Å². The van der Waals surface area contributed by atoms with Crippen LogP contribution in [0, 0.1) is 11.2 Å². The van der Waals surface area contributed by atoms with E-state index in [2.05, 4.69) is 10.2 Å². The fourth-order valence-corrected chi connectivity index (χ4v) is 3.34. The van der Waals surface area contributed by atoms with Crippen molar-refractivity contribution in [3.05, 3.63) is 47.5 Å². The fraction of sp³-hybridized carbons (Fsp3) is 0.474. The number of H-pyrrole nitrogens is 1. The largest absolute Gasteiger partial charge is 0.484 e. The van der Waals surface area contributed by atoms with Crippen molar-refractivity contribution < 1.29 is 19.0 Å². The molecule has 0 radical (unpaired) electrons. The molecule has 6 nitrogen and oxygen atoms in total. The molecule has 0 saturated carbocycles. The maximum Gasteiger partial charge on any atom is 0.274 e. The van der Waals surface area contributed by atoms with Crippen LogP contribution >= 0.6 is 0 Å². The molecule has 0 unspecified atom stereocenters. The summed E-state index contributed by atoms with van der Waals surface area (Å²) in [5.41, 5.74) is 0.681. The molecule has 1 atom stereocenters. The number of likely N-dealkylation sites (tertiary alicyclic amines) is 1. The third-order valence-corrected chi connectivity index (χ3v) is 5.10. The number of piperidine rings is 1. The average Bonchev–Trinajstić information content (AvgIpc) is 3.15. The van der Waals surface area contributed by atoms with Gasteiger partial charge in [0.05, 0.1) is 12.3 Å². The molecule has 2 aromatic rings. The average molecular weight is 361 g/mol. The van der Waals surface area contributed by atoms with E-state index >= 15 is 0 Å². The molecule has 0 bridgehead atoms. The molecular formula is C19H24FN3O3. The van der Waals surface area contributed by atoms with Crippen molar-refractivity contribution in [1.29, 1.82) is 0 Å². The van der Waals surface area contributed by atoms with E-state index in [-0.39, 0.29) is 30.3 Å². The summed E-state index contributed by atoms with van der Waals surface area (Å²) in [6.07, 6.45) is 2.62. The number of aliphatic hydroxyl groups is 1. The van der Waals surface area contributed by atoms with E-state index in [9.17, 15) is 14.3 Å². The molecule has 1 aromatic carbocycles. The normalized spacial score (nSPS) is 20.2. The third-order valence-electron chi connectivity index (χ3n) is 5.10. The number of benzene rings is 1. The monoisotopic (exact) mass is 361 g/mol. The Bertz CT molecular complexity index is 758. The van der Waals surface area contributed by atoms with Gasteiger partial charge in [-0.05, 0) is 37.5 Å². The molecule has 3 rings (SSSR count). The Morgan fingerprint density at radius 1 is 1.46 bits per heavy atom. The second kappa shape index (κ2) is 7.86. The first-order valence-electron chi connectivity index (χ1n) is 8.88. The number of aliphatic hydroxyl groups excluding tert-OH is 1.